The number of hydrogen-bond donors (Lipinski definition) is 1. The Hall–Kier alpha value is -1.60. The molecule has 1 N–H and O–H groups in total. The van der Waals surface area contributed by atoms with Crippen LogP contribution in [0.2, 0.25) is 10.0 Å². The van der Waals surface area contributed by atoms with Crippen molar-refractivity contribution in [3.63, 3.8) is 0 Å². The van der Waals surface area contributed by atoms with Crippen molar-refractivity contribution < 1.29 is 14.6 Å². The molecule has 0 amide bonds. The lowest BCUT2D eigenvalue weighted by molar-refractivity contribution is 0.103. The van der Waals surface area contributed by atoms with Gasteiger partial charge in [0.2, 0.25) is 11.7 Å². The van der Waals surface area contributed by atoms with Gasteiger partial charge in [-0.25, -0.2) is 4.68 Å². The van der Waals surface area contributed by atoms with Crippen LogP contribution in [0, 0.1) is 0 Å². The second-order valence-corrected chi connectivity index (χ2v) is 7.71. The fourth-order valence-electron chi connectivity index (χ4n) is 3.04. The minimum atomic E-state index is -0.329. The van der Waals surface area contributed by atoms with Crippen LogP contribution in [0.25, 0.3) is 0 Å². The normalized spacial score (nSPS) is 14.1. The summed E-state index contributed by atoms with van der Waals surface area (Å²) in [6.07, 6.45) is 1.95. The van der Waals surface area contributed by atoms with E-state index < -0.39 is 0 Å². The third-order valence-electron chi connectivity index (χ3n) is 4.77. The Labute approximate surface area is 168 Å². The lowest BCUT2D eigenvalue weighted by atomic mass is 9.99. The Morgan fingerprint density at radius 3 is 2.74 bits per heavy atom. The Kier molecular flexibility index (Phi) is 6.11. The van der Waals surface area contributed by atoms with Crippen molar-refractivity contribution in [3.05, 3.63) is 44.6 Å². The van der Waals surface area contributed by atoms with Gasteiger partial charge in [0.15, 0.2) is 0 Å². The van der Waals surface area contributed by atoms with Gasteiger partial charge in [-0.2, -0.15) is 5.10 Å². The van der Waals surface area contributed by atoms with Crippen LogP contribution in [-0.4, -0.2) is 52.9 Å². The quantitative estimate of drug-likeness (QED) is 0.671. The first kappa shape index (κ1) is 20.1. The molecule has 1 saturated carbocycles. The van der Waals surface area contributed by atoms with Crippen LogP contribution in [0.1, 0.15) is 45.9 Å². The number of likely N-dealkylation sites (N-methyl/N-ethyl adjacent to an activating group) is 1. The second kappa shape index (κ2) is 8.19. The number of nitrogens with zero attached hydrogens (tertiary/aromatic N) is 3. The highest BCUT2D eigenvalue weighted by Gasteiger charge is 2.35. The van der Waals surface area contributed by atoms with Gasteiger partial charge in [0, 0.05) is 49.3 Å². The number of carbonyl (C=O) groups is 1. The van der Waals surface area contributed by atoms with Gasteiger partial charge in [-0.3, -0.25) is 9.69 Å². The van der Waals surface area contributed by atoms with Crippen molar-refractivity contribution in [3.8, 4) is 5.88 Å². The van der Waals surface area contributed by atoms with E-state index >= 15 is 0 Å². The molecule has 0 radical (unpaired) electrons. The molecule has 146 valence electrons. The molecule has 3 rings (SSSR count). The average molecular weight is 412 g/mol. The first-order valence-corrected chi connectivity index (χ1v) is 9.55. The molecule has 27 heavy (non-hydrogen) atoms. The van der Waals surface area contributed by atoms with Crippen LogP contribution in [0.5, 0.6) is 5.88 Å². The van der Waals surface area contributed by atoms with Gasteiger partial charge >= 0.3 is 0 Å². The van der Waals surface area contributed by atoms with Gasteiger partial charge in [-0.1, -0.05) is 23.2 Å². The molecule has 0 bridgehead atoms. The van der Waals surface area contributed by atoms with Crippen LogP contribution in [0.3, 0.4) is 0 Å². The number of benzene rings is 1. The van der Waals surface area contributed by atoms with E-state index in [1.165, 1.54) is 4.68 Å². The van der Waals surface area contributed by atoms with E-state index in [1.807, 2.05) is 11.9 Å². The van der Waals surface area contributed by atoms with Crippen molar-refractivity contribution in [2.75, 3.05) is 27.3 Å². The Bertz CT molecular complexity index is 862. The number of ketones is 1. The number of aromatic nitrogens is 2. The van der Waals surface area contributed by atoms with Crippen molar-refractivity contribution >= 4 is 29.0 Å². The number of methoxy groups -OCH3 is 1. The predicted octanol–water partition coefficient (Wildman–Crippen LogP) is 3.62. The van der Waals surface area contributed by atoms with E-state index in [0.29, 0.717) is 46.6 Å². The van der Waals surface area contributed by atoms with Crippen LogP contribution in [-0.2, 0) is 18.3 Å². The minimum Gasteiger partial charge on any atom is -0.493 e. The van der Waals surface area contributed by atoms with Gasteiger partial charge in [0.25, 0.3) is 0 Å². The smallest absolute Gasteiger partial charge is 0.220 e. The molecule has 6 nitrogen and oxygen atoms in total. The lowest BCUT2D eigenvalue weighted by Crippen LogP contribution is -2.23. The molecular weight excluding hydrogens is 389 g/mol. The SMILES string of the molecule is COCCN(C)Cc1c(Cl)ccc(C(=O)c2c(C3CC3)nn(C)c2O)c1Cl. The Morgan fingerprint density at radius 2 is 2.11 bits per heavy atom. The molecule has 8 heteroatoms. The van der Waals surface area contributed by atoms with Crippen LogP contribution in [0.4, 0.5) is 0 Å². The van der Waals surface area contributed by atoms with Crippen LogP contribution in [0.15, 0.2) is 12.1 Å². The lowest BCUT2D eigenvalue weighted by Gasteiger charge is -2.19. The molecule has 1 heterocycles. The summed E-state index contributed by atoms with van der Waals surface area (Å²) in [7, 11) is 5.20. The number of hydrogen-bond acceptors (Lipinski definition) is 5. The van der Waals surface area contributed by atoms with Gasteiger partial charge in [0.1, 0.15) is 5.56 Å². The fraction of sp³-hybridized carbons (Fsp3) is 0.474. The maximum Gasteiger partial charge on any atom is 0.220 e. The monoisotopic (exact) mass is 411 g/mol. The number of rotatable bonds is 8. The Morgan fingerprint density at radius 1 is 1.41 bits per heavy atom. The third kappa shape index (κ3) is 4.14. The highest BCUT2D eigenvalue weighted by molar-refractivity contribution is 6.39. The van der Waals surface area contributed by atoms with Crippen molar-refractivity contribution in [2.45, 2.75) is 25.3 Å². The number of halogens is 2. The maximum absolute atomic E-state index is 13.2. The molecule has 1 fully saturated rings. The van der Waals surface area contributed by atoms with E-state index in [9.17, 15) is 9.90 Å². The number of carbonyl (C=O) groups excluding carboxylic acids is 1. The average Bonchev–Trinajstić information content (AvgIpc) is 3.43. The zero-order valence-corrected chi connectivity index (χ0v) is 17.1. The zero-order chi connectivity index (χ0) is 19.7. The predicted molar refractivity (Wildman–Crippen MR) is 105 cm³/mol. The number of aromatic hydroxyl groups is 1. The van der Waals surface area contributed by atoms with E-state index in [2.05, 4.69) is 5.10 Å². The highest BCUT2D eigenvalue weighted by Crippen LogP contribution is 2.44. The number of ether oxygens (including phenoxy) is 1. The van der Waals surface area contributed by atoms with Crippen LogP contribution >= 0.6 is 23.2 Å². The van der Waals surface area contributed by atoms with Gasteiger partial charge < -0.3 is 9.84 Å². The van der Waals surface area contributed by atoms with Gasteiger partial charge in [-0.15, -0.1) is 0 Å². The van der Waals surface area contributed by atoms with E-state index in [1.54, 1.807) is 26.3 Å². The maximum atomic E-state index is 13.2. The van der Waals surface area contributed by atoms with Gasteiger partial charge in [0.05, 0.1) is 17.3 Å². The number of aryl methyl sites for hydroxylation is 1. The molecule has 0 saturated heterocycles. The summed E-state index contributed by atoms with van der Waals surface area (Å²) in [4.78, 5) is 15.2. The van der Waals surface area contributed by atoms with Crippen molar-refractivity contribution in [2.24, 2.45) is 7.05 Å². The molecule has 0 unspecified atom stereocenters. The van der Waals surface area contributed by atoms with E-state index in [0.717, 1.165) is 12.8 Å². The fourth-order valence-corrected chi connectivity index (χ4v) is 3.62. The molecule has 0 aliphatic heterocycles. The van der Waals surface area contributed by atoms with E-state index in [-0.39, 0.29) is 23.1 Å². The summed E-state index contributed by atoms with van der Waals surface area (Å²) in [6, 6.07) is 3.28. The summed E-state index contributed by atoms with van der Waals surface area (Å²) >= 11 is 12.9. The molecule has 0 spiro atoms. The summed E-state index contributed by atoms with van der Waals surface area (Å²) < 4.78 is 6.43. The second-order valence-electron chi connectivity index (χ2n) is 6.93. The van der Waals surface area contributed by atoms with Gasteiger partial charge in [-0.05, 0) is 32.0 Å². The molecular formula is C19H23Cl2N3O3. The summed E-state index contributed by atoms with van der Waals surface area (Å²) in [5.41, 5.74) is 1.88. The van der Waals surface area contributed by atoms with Crippen molar-refractivity contribution in [1.29, 1.82) is 0 Å². The van der Waals surface area contributed by atoms with Crippen molar-refractivity contribution in [1.82, 2.24) is 14.7 Å². The molecule has 1 aromatic carbocycles. The highest BCUT2D eigenvalue weighted by atomic mass is 35.5. The topological polar surface area (TPSA) is 67.6 Å². The molecule has 2 aromatic rings. The minimum absolute atomic E-state index is 0.133. The summed E-state index contributed by atoms with van der Waals surface area (Å²) in [6.45, 7) is 1.77. The summed E-state index contributed by atoms with van der Waals surface area (Å²) in [5.74, 6) is -0.238. The molecule has 0 atom stereocenters. The third-order valence-corrected chi connectivity index (χ3v) is 5.56. The zero-order valence-electron chi connectivity index (χ0n) is 15.6. The first-order chi connectivity index (χ1) is 12.8. The summed E-state index contributed by atoms with van der Waals surface area (Å²) in [5, 5.41) is 15.5. The Balaban J connectivity index is 1.96. The van der Waals surface area contributed by atoms with Crippen LogP contribution < -0.4 is 0 Å². The molecule has 1 aromatic heterocycles. The standard InChI is InChI=1S/C19H23Cl2N3O3/c1-23(8-9-27-3)10-13-14(20)7-6-12(16(13)21)18(25)15-17(11-4-5-11)22-24(2)19(15)26/h6-7,11,26H,4-5,8-10H2,1-3H3. The molecule has 1 aliphatic carbocycles. The molecule has 1 aliphatic rings. The van der Waals surface area contributed by atoms with E-state index in [4.69, 9.17) is 27.9 Å². The largest absolute Gasteiger partial charge is 0.493 e. The first-order valence-electron chi connectivity index (χ1n) is 8.80.